The Morgan fingerprint density at radius 1 is 1.27 bits per heavy atom. The summed E-state index contributed by atoms with van der Waals surface area (Å²) < 4.78 is 13.3. The third kappa shape index (κ3) is 4.96. The molecule has 1 amide bonds. The topological polar surface area (TPSA) is 56.7 Å². The van der Waals surface area contributed by atoms with Crippen molar-refractivity contribution in [3.05, 3.63) is 35.6 Å². The fourth-order valence-corrected chi connectivity index (χ4v) is 3.91. The number of halogens is 1. The monoisotopic (exact) mass is 360 g/mol. The first-order valence-corrected chi connectivity index (χ1v) is 9.66. The second-order valence-corrected chi connectivity index (χ2v) is 7.30. The second kappa shape index (κ2) is 9.01. The zero-order valence-electron chi connectivity index (χ0n) is 15.5. The maximum atomic E-state index is 13.3. The van der Waals surface area contributed by atoms with Crippen molar-refractivity contribution in [1.82, 2.24) is 15.5 Å². The van der Waals surface area contributed by atoms with Gasteiger partial charge in [-0.2, -0.15) is 0 Å². The van der Waals surface area contributed by atoms with E-state index in [1.807, 2.05) is 11.0 Å². The lowest BCUT2D eigenvalue weighted by atomic mass is 9.88. The largest absolute Gasteiger partial charge is 0.352 e. The molecule has 1 aromatic carbocycles. The fourth-order valence-electron chi connectivity index (χ4n) is 3.91. The number of benzene rings is 1. The molecule has 0 aromatic heterocycles. The van der Waals surface area contributed by atoms with Gasteiger partial charge in [-0.25, -0.2) is 4.39 Å². The molecule has 3 rings (SSSR count). The second-order valence-electron chi connectivity index (χ2n) is 7.30. The van der Waals surface area contributed by atoms with Crippen LogP contribution in [0.3, 0.4) is 0 Å². The van der Waals surface area contributed by atoms with E-state index in [0.29, 0.717) is 18.4 Å². The number of nitrogens with zero attached hydrogens (tertiary/aromatic N) is 2. The average Bonchev–Trinajstić information content (AvgIpc) is 3.14. The Morgan fingerprint density at radius 2 is 2.08 bits per heavy atom. The predicted molar refractivity (Wildman–Crippen MR) is 101 cm³/mol. The Kier molecular flexibility index (Phi) is 6.47. The van der Waals surface area contributed by atoms with Gasteiger partial charge < -0.3 is 15.5 Å². The van der Waals surface area contributed by atoms with E-state index in [2.05, 4.69) is 15.6 Å². The molecule has 5 nitrogen and oxygen atoms in total. The van der Waals surface area contributed by atoms with Crippen molar-refractivity contribution in [1.29, 1.82) is 0 Å². The number of carbonyl (C=O) groups is 1. The lowest BCUT2D eigenvalue weighted by Gasteiger charge is -2.26. The highest BCUT2D eigenvalue weighted by Crippen LogP contribution is 2.26. The summed E-state index contributed by atoms with van der Waals surface area (Å²) in [6.45, 7) is 2.05. The van der Waals surface area contributed by atoms with E-state index >= 15 is 0 Å². The molecule has 2 aliphatic rings. The highest BCUT2D eigenvalue weighted by molar-refractivity contribution is 5.81. The molecular formula is C20H29FN4O. The summed E-state index contributed by atoms with van der Waals surface area (Å²) in [5.74, 6) is 1.01. The molecule has 1 saturated carbocycles. The number of hydrogen-bond acceptors (Lipinski definition) is 2. The van der Waals surface area contributed by atoms with Crippen molar-refractivity contribution in [2.75, 3.05) is 20.1 Å². The van der Waals surface area contributed by atoms with Crippen LogP contribution in [0.1, 0.15) is 44.1 Å². The number of rotatable bonds is 4. The van der Waals surface area contributed by atoms with E-state index in [-0.39, 0.29) is 17.8 Å². The molecule has 2 fully saturated rings. The minimum Gasteiger partial charge on any atom is -0.352 e. The Bertz CT molecular complexity index is 642. The molecule has 142 valence electrons. The highest BCUT2D eigenvalue weighted by Gasteiger charge is 2.31. The van der Waals surface area contributed by atoms with Crippen LogP contribution in [-0.2, 0) is 11.3 Å². The van der Waals surface area contributed by atoms with Crippen LogP contribution in [0.5, 0.6) is 0 Å². The third-order valence-electron chi connectivity index (χ3n) is 5.37. The number of amides is 1. The zero-order chi connectivity index (χ0) is 18.4. The van der Waals surface area contributed by atoms with E-state index in [0.717, 1.165) is 37.9 Å². The summed E-state index contributed by atoms with van der Waals surface area (Å²) in [5, 5.41) is 6.61. The van der Waals surface area contributed by atoms with Crippen molar-refractivity contribution in [3.8, 4) is 0 Å². The first kappa shape index (κ1) is 18.7. The number of guanidine groups is 1. The Labute approximate surface area is 155 Å². The van der Waals surface area contributed by atoms with Gasteiger partial charge in [-0.05, 0) is 37.0 Å². The number of likely N-dealkylation sites (tertiary alicyclic amines) is 1. The molecule has 1 atom stereocenters. The summed E-state index contributed by atoms with van der Waals surface area (Å²) in [5.41, 5.74) is 0.869. The molecule has 26 heavy (non-hydrogen) atoms. The maximum absolute atomic E-state index is 13.3. The SMILES string of the molecule is CN=C(NCc1cccc(F)c1)NC1CCN(C(=O)C2CCCCC2)C1. The van der Waals surface area contributed by atoms with Gasteiger partial charge in [0.25, 0.3) is 0 Å². The van der Waals surface area contributed by atoms with Crippen LogP contribution >= 0.6 is 0 Å². The number of hydrogen-bond donors (Lipinski definition) is 2. The normalized spacial score (nSPS) is 21.7. The van der Waals surface area contributed by atoms with Crippen LogP contribution in [0.2, 0.25) is 0 Å². The van der Waals surface area contributed by atoms with E-state index in [4.69, 9.17) is 0 Å². The molecule has 1 unspecified atom stereocenters. The molecule has 2 N–H and O–H groups in total. The quantitative estimate of drug-likeness (QED) is 0.641. The third-order valence-corrected chi connectivity index (χ3v) is 5.37. The van der Waals surface area contributed by atoms with Gasteiger partial charge in [0.1, 0.15) is 5.82 Å². The lowest BCUT2D eigenvalue weighted by Crippen LogP contribution is -2.45. The molecule has 6 heteroatoms. The molecule has 0 spiro atoms. The molecule has 1 aromatic rings. The van der Waals surface area contributed by atoms with Crippen molar-refractivity contribution >= 4 is 11.9 Å². The smallest absolute Gasteiger partial charge is 0.225 e. The highest BCUT2D eigenvalue weighted by atomic mass is 19.1. The van der Waals surface area contributed by atoms with E-state index < -0.39 is 0 Å². The van der Waals surface area contributed by atoms with E-state index in [1.54, 1.807) is 13.1 Å². The molecular weight excluding hydrogens is 331 g/mol. The zero-order valence-corrected chi connectivity index (χ0v) is 15.5. The van der Waals surface area contributed by atoms with Crippen LogP contribution in [0, 0.1) is 11.7 Å². The minimum atomic E-state index is -0.236. The molecule has 1 aliphatic heterocycles. The van der Waals surface area contributed by atoms with Crippen LogP contribution in [-0.4, -0.2) is 42.9 Å². The Hall–Kier alpha value is -2.11. The number of carbonyl (C=O) groups excluding carboxylic acids is 1. The summed E-state index contributed by atoms with van der Waals surface area (Å²) in [4.78, 5) is 18.9. The molecule has 1 heterocycles. The van der Waals surface area contributed by atoms with Crippen molar-refractivity contribution in [3.63, 3.8) is 0 Å². The van der Waals surface area contributed by atoms with Gasteiger partial charge in [0, 0.05) is 38.6 Å². The van der Waals surface area contributed by atoms with Gasteiger partial charge in [-0.1, -0.05) is 31.4 Å². The molecule has 1 aliphatic carbocycles. The molecule has 1 saturated heterocycles. The van der Waals surface area contributed by atoms with E-state index in [9.17, 15) is 9.18 Å². The summed E-state index contributed by atoms with van der Waals surface area (Å²) in [7, 11) is 1.72. The predicted octanol–water partition coefficient (Wildman–Crippen LogP) is 2.67. The van der Waals surface area contributed by atoms with Gasteiger partial charge in [-0.15, -0.1) is 0 Å². The maximum Gasteiger partial charge on any atom is 0.225 e. The van der Waals surface area contributed by atoms with Crippen LogP contribution in [0.15, 0.2) is 29.3 Å². The summed E-state index contributed by atoms with van der Waals surface area (Å²) in [6, 6.07) is 6.74. The summed E-state index contributed by atoms with van der Waals surface area (Å²) in [6.07, 6.45) is 6.65. The van der Waals surface area contributed by atoms with E-state index in [1.165, 1.54) is 31.4 Å². The van der Waals surface area contributed by atoms with Crippen LogP contribution < -0.4 is 10.6 Å². The van der Waals surface area contributed by atoms with Crippen molar-refractivity contribution in [2.45, 2.75) is 51.1 Å². The van der Waals surface area contributed by atoms with Gasteiger partial charge in [-0.3, -0.25) is 9.79 Å². The Balaban J connectivity index is 1.46. The van der Waals surface area contributed by atoms with Gasteiger partial charge in [0.2, 0.25) is 5.91 Å². The number of aliphatic imine (C=N–C) groups is 1. The van der Waals surface area contributed by atoms with Crippen molar-refractivity contribution in [2.24, 2.45) is 10.9 Å². The van der Waals surface area contributed by atoms with Gasteiger partial charge in [0.15, 0.2) is 5.96 Å². The number of nitrogens with one attached hydrogen (secondary N) is 2. The lowest BCUT2D eigenvalue weighted by molar-refractivity contribution is -0.135. The average molecular weight is 360 g/mol. The molecule has 0 bridgehead atoms. The van der Waals surface area contributed by atoms with Gasteiger partial charge in [0.05, 0.1) is 0 Å². The molecule has 0 radical (unpaired) electrons. The van der Waals surface area contributed by atoms with Gasteiger partial charge >= 0.3 is 0 Å². The van der Waals surface area contributed by atoms with Crippen molar-refractivity contribution < 1.29 is 9.18 Å². The minimum absolute atomic E-state index is 0.209. The standard InChI is InChI=1S/C20H29FN4O/c1-22-20(23-13-15-6-5-9-17(21)12-15)24-18-10-11-25(14-18)19(26)16-7-3-2-4-8-16/h5-6,9,12,16,18H,2-4,7-8,10-11,13-14H2,1H3,(H2,22,23,24). The Morgan fingerprint density at radius 3 is 2.81 bits per heavy atom. The fraction of sp³-hybridized carbons (Fsp3) is 0.600. The first-order chi connectivity index (χ1) is 12.7. The first-order valence-electron chi connectivity index (χ1n) is 9.66. The summed E-state index contributed by atoms with van der Waals surface area (Å²) >= 11 is 0. The van der Waals surface area contributed by atoms with Crippen LogP contribution in [0.4, 0.5) is 4.39 Å². The van der Waals surface area contributed by atoms with Crippen LogP contribution in [0.25, 0.3) is 0 Å².